The van der Waals surface area contributed by atoms with Gasteiger partial charge in [0, 0.05) is 14.2 Å². The highest BCUT2D eigenvalue weighted by molar-refractivity contribution is 9.10. The Balaban J connectivity index is 2.94. The molecule has 1 atom stereocenters. The molecule has 17 heavy (non-hydrogen) atoms. The summed E-state index contributed by atoms with van der Waals surface area (Å²) >= 11 is 3.44. The van der Waals surface area contributed by atoms with Gasteiger partial charge in [-0.2, -0.15) is 0 Å². The average Bonchev–Trinajstić information content (AvgIpc) is 2.58. The second-order valence-corrected chi connectivity index (χ2v) is 5.42. The van der Waals surface area contributed by atoms with Gasteiger partial charge in [0.25, 0.3) is 0 Å². The molecule has 0 aliphatic rings. The van der Waals surface area contributed by atoms with E-state index in [0.717, 1.165) is 23.3 Å². The van der Waals surface area contributed by atoms with Crippen LogP contribution in [0, 0.1) is 0 Å². The first kappa shape index (κ1) is 14.6. The van der Waals surface area contributed by atoms with Crippen LogP contribution in [-0.4, -0.2) is 34.2 Å². The van der Waals surface area contributed by atoms with Gasteiger partial charge in [0.15, 0.2) is 4.60 Å². The summed E-state index contributed by atoms with van der Waals surface area (Å²) in [6.07, 6.45) is 0.858. The lowest BCUT2D eigenvalue weighted by Crippen LogP contribution is -2.33. The highest BCUT2D eigenvalue weighted by Crippen LogP contribution is 2.29. The largest absolute Gasteiger partial charge is 0.379 e. The number of nitrogens with zero attached hydrogens (tertiary/aromatic N) is 3. The molecule has 1 heterocycles. The van der Waals surface area contributed by atoms with E-state index in [1.165, 1.54) is 0 Å². The molecule has 0 radical (unpaired) electrons. The van der Waals surface area contributed by atoms with E-state index in [2.05, 4.69) is 52.3 Å². The predicted octanol–water partition coefficient (Wildman–Crippen LogP) is 2.04. The molecule has 0 saturated heterocycles. The molecule has 1 aromatic heterocycles. The number of aromatic nitrogens is 3. The van der Waals surface area contributed by atoms with Crippen LogP contribution in [0.5, 0.6) is 0 Å². The normalized spacial score (nSPS) is 14.0. The van der Waals surface area contributed by atoms with Crippen molar-refractivity contribution >= 4 is 15.9 Å². The lowest BCUT2D eigenvalue weighted by molar-refractivity contribution is 0.00628. The molecule has 1 aromatic rings. The molecule has 5 nitrogen and oxygen atoms in total. The summed E-state index contributed by atoms with van der Waals surface area (Å²) in [7, 11) is 3.64. The number of methoxy groups -OCH3 is 1. The summed E-state index contributed by atoms with van der Waals surface area (Å²) in [4.78, 5) is 0. The molecule has 0 fully saturated rings. The summed E-state index contributed by atoms with van der Waals surface area (Å²) in [6, 6.07) is 0.171. The highest BCUT2D eigenvalue weighted by Gasteiger charge is 2.27. The fraction of sp³-hybridized carbons (Fsp3) is 0.818. The minimum absolute atomic E-state index is 0.171. The first-order chi connectivity index (χ1) is 7.91. The maximum Gasteiger partial charge on any atom is 0.153 e. The topological polar surface area (TPSA) is 52.0 Å². The molecule has 1 unspecified atom stereocenters. The van der Waals surface area contributed by atoms with Crippen molar-refractivity contribution < 1.29 is 4.74 Å². The molecular weight excluding hydrogens is 284 g/mol. The third kappa shape index (κ3) is 3.76. The van der Waals surface area contributed by atoms with Crippen molar-refractivity contribution in [1.29, 1.82) is 0 Å². The monoisotopic (exact) mass is 304 g/mol. The number of aryl methyl sites for hydroxylation is 1. The van der Waals surface area contributed by atoms with Gasteiger partial charge < -0.3 is 10.1 Å². The quantitative estimate of drug-likeness (QED) is 0.874. The molecule has 0 aliphatic carbocycles. The zero-order valence-electron chi connectivity index (χ0n) is 11.1. The zero-order chi connectivity index (χ0) is 13.1. The van der Waals surface area contributed by atoms with Crippen LogP contribution < -0.4 is 5.32 Å². The van der Waals surface area contributed by atoms with Crippen molar-refractivity contribution in [3.05, 3.63) is 10.3 Å². The van der Waals surface area contributed by atoms with E-state index in [-0.39, 0.29) is 11.6 Å². The summed E-state index contributed by atoms with van der Waals surface area (Å²) in [5.74, 6) is 0. The SMILES string of the molecule is CCNC(CC(C)(C)OC)c1c(Br)nnn1C. The minimum atomic E-state index is -0.184. The van der Waals surface area contributed by atoms with E-state index < -0.39 is 0 Å². The fourth-order valence-corrected chi connectivity index (χ4v) is 2.40. The van der Waals surface area contributed by atoms with Gasteiger partial charge in [-0.15, -0.1) is 5.10 Å². The number of rotatable bonds is 6. The predicted molar refractivity (Wildman–Crippen MR) is 70.8 cm³/mol. The van der Waals surface area contributed by atoms with Crippen molar-refractivity contribution in [2.24, 2.45) is 7.05 Å². The van der Waals surface area contributed by atoms with E-state index in [9.17, 15) is 0 Å². The first-order valence-electron chi connectivity index (χ1n) is 5.75. The number of halogens is 1. The number of ether oxygens (including phenoxy) is 1. The van der Waals surface area contributed by atoms with Gasteiger partial charge in [-0.1, -0.05) is 12.1 Å². The first-order valence-corrected chi connectivity index (χ1v) is 6.54. The van der Waals surface area contributed by atoms with Crippen LogP contribution in [0.2, 0.25) is 0 Å². The Morgan fingerprint density at radius 2 is 2.18 bits per heavy atom. The van der Waals surface area contributed by atoms with Crippen molar-refractivity contribution in [2.45, 2.75) is 38.8 Å². The minimum Gasteiger partial charge on any atom is -0.379 e. The summed E-state index contributed by atoms with van der Waals surface area (Å²) < 4.78 is 8.07. The van der Waals surface area contributed by atoms with Crippen LogP contribution >= 0.6 is 15.9 Å². The van der Waals surface area contributed by atoms with Gasteiger partial charge in [0.1, 0.15) is 0 Å². The van der Waals surface area contributed by atoms with Crippen molar-refractivity contribution in [2.75, 3.05) is 13.7 Å². The average molecular weight is 305 g/mol. The van der Waals surface area contributed by atoms with Crippen LogP contribution in [0.25, 0.3) is 0 Å². The smallest absolute Gasteiger partial charge is 0.153 e. The lowest BCUT2D eigenvalue weighted by Gasteiger charge is -2.29. The number of hydrogen-bond donors (Lipinski definition) is 1. The summed E-state index contributed by atoms with van der Waals surface area (Å²) in [5.41, 5.74) is 0.869. The van der Waals surface area contributed by atoms with E-state index in [1.807, 2.05) is 7.05 Å². The number of nitrogens with one attached hydrogen (secondary N) is 1. The van der Waals surface area contributed by atoms with Gasteiger partial charge in [-0.05, 0) is 42.7 Å². The third-order valence-corrected chi connectivity index (χ3v) is 3.42. The van der Waals surface area contributed by atoms with Gasteiger partial charge in [-0.3, -0.25) is 0 Å². The van der Waals surface area contributed by atoms with E-state index >= 15 is 0 Å². The second-order valence-electron chi connectivity index (χ2n) is 4.67. The highest BCUT2D eigenvalue weighted by atomic mass is 79.9. The molecule has 98 valence electrons. The Morgan fingerprint density at radius 1 is 1.53 bits per heavy atom. The van der Waals surface area contributed by atoms with Crippen molar-refractivity contribution in [3.8, 4) is 0 Å². The van der Waals surface area contributed by atoms with Gasteiger partial charge in [0.05, 0.1) is 17.3 Å². The van der Waals surface area contributed by atoms with Crippen LogP contribution in [-0.2, 0) is 11.8 Å². The Labute approximate surface area is 111 Å². The Morgan fingerprint density at radius 3 is 2.59 bits per heavy atom. The van der Waals surface area contributed by atoms with E-state index in [1.54, 1.807) is 11.8 Å². The Kier molecular flexibility index (Phi) is 5.09. The molecule has 0 amide bonds. The third-order valence-electron chi connectivity index (χ3n) is 2.86. The second kappa shape index (κ2) is 5.93. The van der Waals surface area contributed by atoms with Crippen LogP contribution in [0.3, 0.4) is 0 Å². The van der Waals surface area contributed by atoms with Crippen molar-refractivity contribution in [1.82, 2.24) is 20.3 Å². The Hall–Kier alpha value is -0.460. The molecule has 0 bridgehead atoms. The maximum atomic E-state index is 5.49. The Bertz CT molecular complexity index is 345. The fourth-order valence-electron chi connectivity index (χ4n) is 1.80. The molecule has 0 spiro atoms. The van der Waals surface area contributed by atoms with E-state index in [0.29, 0.717) is 0 Å². The van der Waals surface area contributed by atoms with Gasteiger partial charge >= 0.3 is 0 Å². The molecule has 1 rings (SSSR count). The van der Waals surface area contributed by atoms with Crippen LogP contribution in [0.4, 0.5) is 0 Å². The van der Waals surface area contributed by atoms with Crippen molar-refractivity contribution in [3.63, 3.8) is 0 Å². The molecule has 0 aliphatic heterocycles. The molecule has 0 saturated carbocycles. The molecular formula is C11H21BrN4O. The maximum absolute atomic E-state index is 5.49. The van der Waals surface area contributed by atoms with E-state index in [4.69, 9.17) is 4.74 Å². The van der Waals surface area contributed by atoms with Gasteiger partial charge in [0.2, 0.25) is 0 Å². The molecule has 6 heteroatoms. The standard InChI is InChI=1S/C11H21BrN4O/c1-6-13-8(7-11(2,3)17-5)9-10(12)14-15-16(9)4/h8,13H,6-7H2,1-5H3. The zero-order valence-corrected chi connectivity index (χ0v) is 12.7. The van der Waals surface area contributed by atoms with Gasteiger partial charge in [-0.25, -0.2) is 4.68 Å². The summed E-state index contributed by atoms with van der Waals surface area (Å²) in [6.45, 7) is 7.14. The molecule has 1 N–H and O–H groups in total. The summed E-state index contributed by atoms with van der Waals surface area (Å²) in [5, 5.41) is 11.5. The lowest BCUT2D eigenvalue weighted by atomic mass is 9.97. The molecule has 0 aromatic carbocycles. The number of hydrogen-bond acceptors (Lipinski definition) is 4. The van der Waals surface area contributed by atoms with Crippen LogP contribution in [0.15, 0.2) is 4.60 Å². The van der Waals surface area contributed by atoms with Crippen LogP contribution in [0.1, 0.15) is 38.9 Å².